The quantitative estimate of drug-likeness (QED) is 0.618. The van der Waals surface area contributed by atoms with Gasteiger partial charge in [-0.15, -0.1) is 0 Å². The summed E-state index contributed by atoms with van der Waals surface area (Å²) in [6, 6.07) is 0. The third kappa shape index (κ3) is 2.27. The van der Waals surface area contributed by atoms with Crippen LogP contribution >= 0.6 is 0 Å². The molecule has 1 unspecified atom stereocenters. The van der Waals surface area contributed by atoms with Crippen LogP contribution in [0, 0.1) is 5.92 Å². The number of hydrogen-bond donors (Lipinski definition) is 2. The maximum absolute atomic E-state index is 9.02. The van der Waals surface area contributed by atoms with E-state index >= 15 is 0 Å². The van der Waals surface area contributed by atoms with Gasteiger partial charge in [-0.05, 0) is 19.4 Å². The van der Waals surface area contributed by atoms with Crippen molar-refractivity contribution in [3.8, 4) is 0 Å². The molecule has 2 heteroatoms. The highest BCUT2D eigenvalue weighted by Crippen LogP contribution is 2.14. The highest BCUT2D eigenvalue weighted by atomic mass is 16.3. The molecule has 62 valence electrons. The predicted octanol–water partition coefficient (Wildman–Crippen LogP) is 1.00. The average Bonchev–Trinajstić information content (AvgIpc) is 1.88. The minimum absolute atomic E-state index is 0.102. The van der Waals surface area contributed by atoms with E-state index in [-0.39, 0.29) is 12.1 Å². The van der Waals surface area contributed by atoms with Crippen molar-refractivity contribution in [2.45, 2.75) is 33.2 Å². The number of hydrogen-bond acceptors (Lipinski definition) is 2. The molecule has 0 saturated heterocycles. The zero-order chi connectivity index (χ0) is 8.20. The molecular weight excluding hydrogens is 126 g/mol. The zero-order valence-corrected chi connectivity index (χ0v) is 7.44. The summed E-state index contributed by atoms with van der Waals surface area (Å²) < 4.78 is 0. The van der Waals surface area contributed by atoms with Gasteiger partial charge in [0.25, 0.3) is 0 Å². The van der Waals surface area contributed by atoms with E-state index in [1.54, 1.807) is 0 Å². The predicted molar refractivity (Wildman–Crippen MR) is 44.0 cm³/mol. The van der Waals surface area contributed by atoms with Crippen molar-refractivity contribution in [2.24, 2.45) is 5.92 Å². The van der Waals surface area contributed by atoms with Gasteiger partial charge in [-0.25, -0.2) is 0 Å². The number of likely N-dealkylation sites (N-methyl/N-ethyl adjacent to an activating group) is 1. The molecule has 0 aliphatic carbocycles. The van der Waals surface area contributed by atoms with Crippen LogP contribution in [0.3, 0.4) is 0 Å². The van der Waals surface area contributed by atoms with Crippen molar-refractivity contribution in [3.63, 3.8) is 0 Å². The first-order chi connectivity index (χ1) is 4.56. The van der Waals surface area contributed by atoms with Crippen LogP contribution in [0.4, 0.5) is 0 Å². The van der Waals surface area contributed by atoms with Crippen molar-refractivity contribution in [1.82, 2.24) is 5.32 Å². The van der Waals surface area contributed by atoms with E-state index in [0.717, 1.165) is 6.54 Å². The Bertz CT molecular complexity index is 93.3. The van der Waals surface area contributed by atoms with E-state index in [0.29, 0.717) is 5.92 Å². The molecule has 0 amide bonds. The highest BCUT2D eigenvalue weighted by molar-refractivity contribution is 4.84. The molecule has 0 aromatic carbocycles. The first kappa shape index (κ1) is 9.92. The molecule has 10 heavy (non-hydrogen) atoms. The van der Waals surface area contributed by atoms with E-state index in [1.165, 1.54) is 0 Å². The Morgan fingerprint density at radius 3 is 2.10 bits per heavy atom. The van der Waals surface area contributed by atoms with Crippen LogP contribution in [0.25, 0.3) is 0 Å². The van der Waals surface area contributed by atoms with Crippen LogP contribution in [0.5, 0.6) is 0 Å². The molecule has 2 nitrogen and oxygen atoms in total. The molecule has 0 aliphatic heterocycles. The van der Waals surface area contributed by atoms with Crippen molar-refractivity contribution in [3.05, 3.63) is 0 Å². The van der Waals surface area contributed by atoms with E-state index in [1.807, 2.05) is 6.92 Å². The van der Waals surface area contributed by atoms with E-state index in [4.69, 9.17) is 5.11 Å². The number of nitrogens with one attached hydrogen (secondary N) is 1. The fourth-order valence-corrected chi connectivity index (χ4v) is 0.846. The Hall–Kier alpha value is -0.0800. The van der Waals surface area contributed by atoms with Gasteiger partial charge < -0.3 is 10.4 Å². The van der Waals surface area contributed by atoms with Gasteiger partial charge >= 0.3 is 0 Å². The second kappa shape index (κ2) is 3.94. The Balaban J connectivity index is 3.94. The third-order valence-corrected chi connectivity index (χ3v) is 2.18. The maximum atomic E-state index is 9.02. The molecule has 0 spiro atoms. The summed E-state index contributed by atoms with van der Waals surface area (Å²) in [6.45, 7) is 9.43. The SMILES string of the molecule is CCNC(C)(CO)C(C)C. The van der Waals surface area contributed by atoms with Gasteiger partial charge in [0, 0.05) is 5.54 Å². The van der Waals surface area contributed by atoms with Crippen molar-refractivity contribution in [2.75, 3.05) is 13.2 Å². The maximum Gasteiger partial charge on any atom is 0.0613 e. The summed E-state index contributed by atoms with van der Waals surface area (Å²) in [5, 5.41) is 12.3. The normalized spacial score (nSPS) is 17.4. The van der Waals surface area contributed by atoms with Crippen LogP contribution in [0.1, 0.15) is 27.7 Å². The van der Waals surface area contributed by atoms with Crippen molar-refractivity contribution < 1.29 is 5.11 Å². The minimum Gasteiger partial charge on any atom is -0.394 e. The fraction of sp³-hybridized carbons (Fsp3) is 1.00. The highest BCUT2D eigenvalue weighted by Gasteiger charge is 2.25. The van der Waals surface area contributed by atoms with Gasteiger partial charge in [-0.1, -0.05) is 20.8 Å². The summed E-state index contributed by atoms with van der Waals surface area (Å²) >= 11 is 0. The lowest BCUT2D eigenvalue weighted by Crippen LogP contribution is -2.49. The number of aliphatic hydroxyl groups excluding tert-OH is 1. The van der Waals surface area contributed by atoms with Gasteiger partial charge in [-0.3, -0.25) is 0 Å². The summed E-state index contributed by atoms with van der Waals surface area (Å²) in [4.78, 5) is 0. The molecule has 0 rings (SSSR count). The van der Waals surface area contributed by atoms with E-state index in [2.05, 4.69) is 26.1 Å². The molecule has 0 fully saturated rings. The van der Waals surface area contributed by atoms with Crippen LogP contribution in [0.15, 0.2) is 0 Å². The first-order valence-corrected chi connectivity index (χ1v) is 3.92. The van der Waals surface area contributed by atoms with E-state index in [9.17, 15) is 0 Å². The topological polar surface area (TPSA) is 32.3 Å². The van der Waals surface area contributed by atoms with Gasteiger partial charge in [0.15, 0.2) is 0 Å². The van der Waals surface area contributed by atoms with Crippen molar-refractivity contribution in [1.29, 1.82) is 0 Å². The number of rotatable bonds is 4. The molecule has 0 radical (unpaired) electrons. The van der Waals surface area contributed by atoms with Gasteiger partial charge in [-0.2, -0.15) is 0 Å². The zero-order valence-electron chi connectivity index (χ0n) is 7.44. The molecule has 0 aliphatic rings. The lowest BCUT2D eigenvalue weighted by molar-refractivity contribution is 0.135. The van der Waals surface area contributed by atoms with Crippen LogP contribution in [-0.4, -0.2) is 23.8 Å². The van der Waals surface area contributed by atoms with Crippen LogP contribution < -0.4 is 5.32 Å². The molecule has 0 aromatic heterocycles. The summed E-state index contributed by atoms with van der Waals surface area (Å²) in [5.74, 6) is 0.470. The van der Waals surface area contributed by atoms with Crippen LogP contribution in [-0.2, 0) is 0 Å². The summed E-state index contributed by atoms with van der Waals surface area (Å²) in [5.41, 5.74) is -0.102. The Kier molecular flexibility index (Phi) is 3.91. The molecule has 0 aromatic rings. The minimum atomic E-state index is -0.102. The monoisotopic (exact) mass is 145 g/mol. The summed E-state index contributed by atoms with van der Waals surface area (Å²) in [7, 11) is 0. The number of aliphatic hydroxyl groups is 1. The molecule has 0 saturated carbocycles. The second-order valence-electron chi connectivity index (χ2n) is 3.26. The van der Waals surface area contributed by atoms with Gasteiger partial charge in [0.2, 0.25) is 0 Å². The van der Waals surface area contributed by atoms with Crippen molar-refractivity contribution >= 4 is 0 Å². The lowest BCUT2D eigenvalue weighted by Gasteiger charge is -2.32. The Morgan fingerprint density at radius 1 is 1.50 bits per heavy atom. The fourth-order valence-electron chi connectivity index (χ4n) is 0.846. The van der Waals surface area contributed by atoms with Gasteiger partial charge in [0.05, 0.1) is 6.61 Å². The second-order valence-corrected chi connectivity index (χ2v) is 3.26. The molecular formula is C8H19NO. The molecule has 0 bridgehead atoms. The first-order valence-electron chi connectivity index (χ1n) is 3.92. The summed E-state index contributed by atoms with van der Waals surface area (Å²) in [6.07, 6.45) is 0. The van der Waals surface area contributed by atoms with Crippen LogP contribution in [0.2, 0.25) is 0 Å². The Morgan fingerprint density at radius 2 is 2.00 bits per heavy atom. The smallest absolute Gasteiger partial charge is 0.0613 e. The van der Waals surface area contributed by atoms with E-state index < -0.39 is 0 Å². The molecule has 2 N–H and O–H groups in total. The molecule has 1 atom stereocenters. The average molecular weight is 145 g/mol. The molecule has 0 heterocycles. The third-order valence-electron chi connectivity index (χ3n) is 2.18. The lowest BCUT2D eigenvalue weighted by atomic mass is 9.89. The van der Waals surface area contributed by atoms with Gasteiger partial charge in [0.1, 0.15) is 0 Å². The largest absolute Gasteiger partial charge is 0.394 e. The standard InChI is InChI=1S/C8H19NO/c1-5-9-8(4,6-10)7(2)3/h7,9-10H,5-6H2,1-4H3. The Labute approximate surface area is 63.6 Å².